The molecule has 82 valence electrons. The molecule has 0 atom stereocenters. The van der Waals surface area contributed by atoms with Crippen LogP contribution in [0.5, 0.6) is 0 Å². The van der Waals surface area contributed by atoms with Crippen LogP contribution in [-0.4, -0.2) is 21.3 Å². The first-order chi connectivity index (χ1) is 7.66. The molecule has 0 N–H and O–H groups in total. The van der Waals surface area contributed by atoms with Crippen LogP contribution in [0.2, 0.25) is 0 Å². The Kier molecular flexibility index (Phi) is 2.68. The van der Waals surface area contributed by atoms with E-state index >= 15 is 0 Å². The molecule has 0 saturated carbocycles. The average Bonchev–Trinajstić information content (AvgIpc) is 2.87. The van der Waals surface area contributed by atoms with E-state index in [1.54, 1.807) is 19.3 Å². The van der Waals surface area contributed by atoms with Gasteiger partial charge in [0.25, 0.3) is 0 Å². The largest absolute Gasteiger partial charge is 0.472 e. The summed E-state index contributed by atoms with van der Waals surface area (Å²) in [5, 5.41) is 3.87. The Hall–Kier alpha value is -2.17. The van der Waals surface area contributed by atoms with Crippen molar-refractivity contribution in [3.05, 3.63) is 42.1 Å². The summed E-state index contributed by atoms with van der Waals surface area (Å²) >= 11 is 0. The van der Waals surface area contributed by atoms with E-state index in [1.807, 2.05) is 0 Å². The van der Waals surface area contributed by atoms with Crippen LogP contribution in [0.25, 0.3) is 0 Å². The third-order valence-corrected chi connectivity index (χ3v) is 2.19. The third-order valence-electron chi connectivity index (χ3n) is 2.19. The molecule has 0 aromatic carbocycles. The number of carbonyl (C=O) groups is 2. The third kappa shape index (κ3) is 2.08. The first kappa shape index (κ1) is 10.4. The number of Topliss-reactive ketones (excluding diaryl/α,β-unsaturated/α-hetero) is 2. The number of nitrogens with zero attached hydrogens (tertiary/aromatic N) is 2. The summed E-state index contributed by atoms with van der Waals surface area (Å²) in [7, 11) is 1.72. The highest BCUT2D eigenvalue weighted by molar-refractivity contribution is 6.13. The zero-order valence-electron chi connectivity index (χ0n) is 8.71. The lowest BCUT2D eigenvalue weighted by atomic mass is 10.1. The van der Waals surface area contributed by atoms with Gasteiger partial charge in [0.05, 0.1) is 30.0 Å². The number of aryl methyl sites for hydroxylation is 1. The van der Waals surface area contributed by atoms with E-state index in [2.05, 4.69) is 5.10 Å². The molecule has 2 rings (SSSR count). The molecule has 5 nitrogen and oxygen atoms in total. The summed E-state index contributed by atoms with van der Waals surface area (Å²) in [6.45, 7) is 0. The zero-order valence-corrected chi connectivity index (χ0v) is 8.71. The predicted molar refractivity (Wildman–Crippen MR) is 55.2 cm³/mol. The highest BCUT2D eigenvalue weighted by Gasteiger charge is 2.15. The van der Waals surface area contributed by atoms with E-state index in [-0.39, 0.29) is 18.0 Å². The normalized spacial score (nSPS) is 10.3. The van der Waals surface area contributed by atoms with Crippen molar-refractivity contribution in [3.8, 4) is 0 Å². The van der Waals surface area contributed by atoms with Crippen LogP contribution < -0.4 is 0 Å². The molecule has 0 aliphatic carbocycles. The molecule has 0 amide bonds. The summed E-state index contributed by atoms with van der Waals surface area (Å²) in [6, 6.07) is 1.54. The quantitative estimate of drug-likeness (QED) is 0.575. The number of aromatic nitrogens is 2. The Bertz CT molecular complexity index is 511. The molecular formula is C11H10N2O3. The van der Waals surface area contributed by atoms with Crippen LogP contribution in [0.4, 0.5) is 0 Å². The molecule has 0 fully saturated rings. The first-order valence-electron chi connectivity index (χ1n) is 4.74. The van der Waals surface area contributed by atoms with E-state index in [4.69, 9.17) is 4.42 Å². The van der Waals surface area contributed by atoms with Gasteiger partial charge in [0.1, 0.15) is 6.26 Å². The Morgan fingerprint density at radius 3 is 2.69 bits per heavy atom. The molecule has 16 heavy (non-hydrogen) atoms. The first-order valence-corrected chi connectivity index (χ1v) is 4.74. The Balaban J connectivity index is 2.06. The number of rotatable bonds is 4. The highest BCUT2D eigenvalue weighted by atomic mass is 16.3. The molecule has 5 heteroatoms. The van der Waals surface area contributed by atoms with Gasteiger partial charge in [-0.05, 0) is 6.07 Å². The van der Waals surface area contributed by atoms with Crippen LogP contribution in [0.3, 0.4) is 0 Å². The average molecular weight is 218 g/mol. The number of furan rings is 1. The van der Waals surface area contributed by atoms with E-state index in [1.165, 1.54) is 23.4 Å². The molecule has 0 spiro atoms. The molecule has 0 aliphatic rings. The maximum atomic E-state index is 11.7. The molecule has 0 bridgehead atoms. The highest BCUT2D eigenvalue weighted by Crippen LogP contribution is 2.08. The van der Waals surface area contributed by atoms with Gasteiger partial charge in [-0.3, -0.25) is 14.3 Å². The molecule has 2 heterocycles. The van der Waals surface area contributed by atoms with Crippen LogP contribution in [-0.2, 0) is 7.05 Å². The fourth-order valence-electron chi connectivity index (χ4n) is 1.34. The lowest BCUT2D eigenvalue weighted by Crippen LogP contribution is -2.07. The van der Waals surface area contributed by atoms with Gasteiger partial charge < -0.3 is 4.42 Å². The van der Waals surface area contributed by atoms with E-state index < -0.39 is 0 Å². The van der Waals surface area contributed by atoms with Crippen molar-refractivity contribution >= 4 is 11.6 Å². The fraction of sp³-hybridized carbons (Fsp3) is 0.182. The van der Waals surface area contributed by atoms with Gasteiger partial charge in [-0.25, -0.2) is 0 Å². The minimum atomic E-state index is -0.248. The number of ketones is 2. The topological polar surface area (TPSA) is 65.1 Å². The SMILES string of the molecule is Cn1cc(C(=O)CC(=O)c2ccoc2)cn1. The minimum absolute atomic E-state index is 0.161. The van der Waals surface area contributed by atoms with E-state index in [0.29, 0.717) is 11.1 Å². The summed E-state index contributed by atoms with van der Waals surface area (Å²) < 4.78 is 6.30. The lowest BCUT2D eigenvalue weighted by molar-refractivity contribution is 0.0894. The van der Waals surface area contributed by atoms with Crippen molar-refractivity contribution in [1.82, 2.24) is 9.78 Å². The van der Waals surface area contributed by atoms with E-state index in [9.17, 15) is 9.59 Å². The molecule has 0 radical (unpaired) electrons. The van der Waals surface area contributed by atoms with Gasteiger partial charge >= 0.3 is 0 Å². The van der Waals surface area contributed by atoms with Gasteiger partial charge in [-0.1, -0.05) is 0 Å². The monoisotopic (exact) mass is 218 g/mol. The van der Waals surface area contributed by atoms with Gasteiger partial charge in [0, 0.05) is 13.2 Å². The number of carbonyl (C=O) groups excluding carboxylic acids is 2. The standard InChI is InChI=1S/C11H10N2O3/c1-13-6-9(5-12-13)11(15)4-10(14)8-2-3-16-7-8/h2-3,5-7H,4H2,1H3. The second kappa shape index (κ2) is 4.14. The van der Waals surface area contributed by atoms with Crippen molar-refractivity contribution in [2.24, 2.45) is 7.05 Å². The van der Waals surface area contributed by atoms with Crippen molar-refractivity contribution in [2.45, 2.75) is 6.42 Å². The van der Waals surface area contributed by atoms with Gasteiger partial charge in [-0.2, -0.15) is 5.10 Å². The smallest absolute Gasteiger partial charge is 0.173 e. The van der Waals surface area contributed by atoms with Crippen molar-refractivity contribution < 1.29 is 14.0 Å². The molecular weight excluding hydrogens is 208 g/mol. The van der Waals surface area contributed by atoms with Crippen LogP contribution in [0.15, 0.2) is 35.4 Å². The minimum Gasteiger partial charge on any atom is -0.472 e. The molecule has 0 unspecified atom stereocenters. The van der Waals surface area contributed by atoms with Crippen molar-refractivity contribution in [2.75, 3.05) is 0 Å². The van der Waals surface area contributed by atoms with Crippen LogP contribution in [0.1, 0.15) is 27.1 Å². The summed E-state index contributed by atoms with van der Waals surface area (Å²) in [4.78, 5) is 23.2. The lowest BCUT2D eigenvalue weighted by Gasteiger charge is -1.94. The Labute approximate surface area is 91.7 Å². The van der Waals surface area contributed by atoms with E-state index in [0.717, 1.165) is 0 Å². The van der Waals surface area contributed by atoms with Crippen molar-refractivity contribution in [1.29, 1.82) is 0 Å². The Morgan fingerprint density at radius 1 is 1.38 bits per heavy atom. The molecule has 0 aliphatic heterocycles. The number of hydrogen-bond donors (Lipinski definition) is 0. The summed E-state index contributed by atoms with van der Waals surface area (Å²) in [5.41, 5.74) is 0.858. The van der Waals surface area contributed by atoms with Crippen LogP contribution >= 0.6 is 0 Å². The maximum absolute atomic E-state index is 11.7. The van der Waals surface area contributed by atoms with Crippen molar-refractivity contribution in [3.63, 3.8) is 0 Å². The fourth-order valence-corrected chi connectivity index (χ4v) is 1.34. The molecule has 2 aromatic rings. The Morgan fingerprint density at radius 2 is 2.12 bits per heavy atom. The van der Waals surface area contributed by atoms with Gasteiger partial charge in [0.2, 0.25) is 0 Å². The summed E-state index contributed by atoms with van der Waals surface area (Å²) in [6.07, 6.45) is 5.61. The molecule has 0 saturated heterocycles. The summed E-state index contributed by atoms with van der Waals surface area (Å²) in [5.74, 6) is -0.484. The number of hydrogen-bond acceptors (Lipinski definition) is 4. The van der Waals surface area contributed by atoms with Gasteiger partial charge in [0.15, 0.2) is 11.6 Å². The second-order valence-electron chi connectivity index (χ2n) is 3.44. The zero-order chi connectivity index (χ0) is 11.5. The van der Waals surface area contributed by atoms with Crippen LogP contribution in [0, 0.1) is 0 Å². The predicted octanol–water partition coefficient (Wildman–Crippen LogP) is 1.47. The second-order valence-corrected chi connectivity index (χ2v) is 3.44. The van der Waals surface area contributed by atoms with Gasteiger partial charge in [-0.15, -0.1) is 0 Å². The molecule has 2 aromatic heterocycles. The maximum Gasteiger partial charge on any atom is 0.173 e.